The molecule has 0 aromatic heterocycles. The summed E-state index contributed by atoms with van der Waals surface area (Å²) in [4.78, 5) is 0. The van der Waals surface area contributed by atoms with E-state index in [1.165, 1.54) is 0 Å². The van der Waals surface area contributed by atoms with Crippen LogP contribution in [-0.2, 0) is 14.2 Å². The predicted molar refractivity (Wildman–Crippen MR) is 64.7 cm³/mol. The normalized spacial score (nSPS) is 32.6. The highest BCUT2D eigenvalue weighted by atomic mass is 16.6. The van der Waals surface area contributed by atoms with Gasteiger partial charge >= 0.3 is 0 Å². The summed E-state index contributed by atoms with van der Waals surface area (Å²) in [7, 11) is 1.73. The predicted octanol–water partition coefficient (Wildman–Crippen LogP) is 2.78. The minimum Gasteiger partial charge on any atom is -0.385 e. The second-order valence-corrected chi connectivity index (χ2v) is 5.96. The van der Waals surface area contributed by atoms with Crippen LogP contribution in [0.5, 0.6) is 0 Å². The SMILES string of the molecule is COCCCC1(C)COC(C)(C)C(C)(C)O1. The molecule has 1 heterocycles. The summed E-state index contributed by atoms with van der Waals surface area (Å²) in [6, 6.07) is 0. The Hall–Kier alpha value is -0.120. The van der Waals surface area contributed by atoms with E-state index in [4.69, 9.17) is 14.2 Å². The van der Waals surface area contributed by atoms with E-state index in [-0.39, 0.29) is 16.8 Å². The van der Waals surface area contributed by atoms with Gasteiger partial charge in [-0.3, -0.25) is 0 Å². The van der Waals surface area contributed by atoms with Crippen molar-refractivity contribution in [3.63, 3.8) is 0 Å². The van der Waals surface area contributed by atoms with Gasteiger partial charge in [0.2, 0.25) is 0 Å². The maximum atomic E-state index is 6.24. The van der Waals surface area contributed by atoms with Crippen molar-refractivity contribution in [3.8, 4) is 0 Å². The van der Waals surface area contributed by atoms with Crippen molar-refractivity contribution in [2.75, 3.05) is 20.3 Å². The summed E-state index contributed by atoms with van der Waals surface area (Å²) in [5, 5.41) is 0. The molecule has 0 amide bonds. The van der Waals surface area contributed by atoms with Gasteiger partial charge in [-0.1, -0.05) is 0 Å². The van der Waals surface area contributed by atoms with E-state index in [1.54, 1.807) is 7.11 Å². The number of hydrogen-bond donors (Lipinski definition) is 0. The van der Waals surface area contributed by atoms with E-state index in [9.17, 15) is 0 Å². The summed E-state index contributed by atoms with van der Waals surface area (Å²) in [5.41, 5.74) is -0.668. The molecule has 0 N–H and O–H groups in total. The first-order valence-corrected chi connectivity index (χ1v) is 6.06. The third kappa shape index (κ3) is 2.96. The van der Waals surface area contributed by atoms with E-state index in [2.05, 4.69) is 34.6 Å². The average molecular weight is 230 g/mol. The molecule has 1 aliphatic rings. The molecule has 1 fully saturated rings. The summed E-state index contributed by atoms with van der Waals surface area (Å²) in [6.45, 7) is 11.9. The fourth-order valence-electron chi connectivity index (χ4n) is 1.99. The first-order chi connectivity index (χ1) is 7.22. The molecule has 1 atom stereocenters. The molecule has 3 heteroatoms. The van der Waals surface area contributed by atoms with Gasteiger partial charge in [0.25, 0.3) is 0 Å². The van der Waals surface area contributed by atoms with E-state index < -0.39 is 0 Å². The lowest BCUT2D eigenvalue weighted by molar-refractivity contribution is -0.299. The van der Waals surface area contributed by atoms with Gasteiger partial charge in [0.1, 0.15) is 0 Å². The van der Waals surface area contributed by atoms with Crippen LogP contribution in [-0.4, -0.2) is 37.1 Å². The molecule has 0 spiro atoms. The lowest BCUT2D eigenvalue weighted by Crippen LogP contribution is -2.61. The molecule has 1 saturated heterocycles. The van der Waals surface area contributed by atoms with Crippen LogP contribution >= 0.6 is 0 Å². The monoisotopic (exact) mass is 230 g/mol. The Kier molecular flexibility index (Phi) is 4.04. The molecule has 3 nitrogen and oxygen atoms in total. The van der Waals surface area contributed by atoms with Gasteiger partial charge in [-0.05, 0) is 47.5 Å². The smallest absolute Gasteiger partial charge is 0.0918 e. The van der Waals surface area contributed by atoms with Gasteiger partial charge in [0.05, 0.1) is 23.4 Å². The molecule has 0 saturated carbocycles. The zero-order chi connectivity index (χ0) is 12.4. The Morgan fingerprint density at radius 3 is 2.19 bits per heavy atom. The van der Waals surface area contributed by atoms with Crippen molar-refractivity contribution in [1.82, 2.24) is 0 Å². The maximum absolute atomic E-state index is 6.24. The van der Waals surface area contributed by atoms with E-state index in [1.807, 2.05) is 0 Å². The van der Waals surface area contributed by atoms with E-state index in [0.717, 1.165) is 19.4 Å². The molecule has 1 rings (SSSR count). The Balaban J connectivity index is 2.59. The Bertz CT molecular complexity index is 235. The Morgan fingerprint density at radius 1 is 1.06 bits per heavy atom. The summed E-state index contributed by atoms with van der Waals surface area (Å²) < 4.78 is 17.3. The van der Waals surface area contributed by atoms with Crippen LogP contribution in [0.2, 0.25) is 0 Å². The van der Waals surface area contributed by atoms with Gasteiger partial charge in [0.15, 0.2) is 0 Å². The molecule has 0 radical (unpaired) electrons. The second kappa shape index (κ2) is 4.63. The fourth-order valence-corrected chi connectivity index (χ4v) is 1.99. The van der Waals surface area contributed by atoms with Crippen molar-refractivity contribution < 1.29 is 14.2 Å². The minimum atomic E-state index is -0.257. The third-order valence-electron chi connectivity index (χ3n) is 3.74. The Morgan fingerprint density at radius 2 is 1.69 bits per heavy atom. The van der Waals surface area contributed by atoms with Crippen molar-refractivity contribution in [1.29, 1.82) is 0 Å². The highest BCUT2D eigenvalue weighted by molar-refractivity contribution is 4.97. The molecular formula is C13H26O3. The molecule has 0 aromatic carbocycles. The molecule has 16 heavy (non-hydrogen) atoms. The highest BCUT2D eigenvalue weighted by Gasteiger charge is 2.49. The van der Waals surface area contributed by atoms with Crippen molar-refractivity contribution in [3.05, 3.63) is 0 Å². The quantitative estimate of drug-likeness (QED) is 0.695. The second-order valence-electron chi connectivity index (χ2n) is 5.96. The van der Waals surface area contributed by atoms with Crippen LogP contribution < -0.4 is 0 Å². The number of hydrogen-bond acceptors (Lipinski definition) is 3. The van der Waals surface area contributed by atoms with Crippen LogP contribution in [0.25, 0.3) is 0 Å². The minimum absolute atomic E-state index is 0.183. The molecular weight excluding hydrogens is 204 g/mol. The van der Waals surface area contributed by atoms with Crippen LogP contribution in [0.4, 0.5) is 0 Å². The van der Waals surface area contributed by atoms with Gasteiger partial charge in [-0.2, -0.15) is 0 Å². The van der Waals surface area contributed by atoms with Crippen LogP contribution in [0, 0.1) is 0 Å². The van der Waals surface area contributed by atoms with Crippen molar-refractivity contribution in [2.24, 2.45) is 0 Å². The zero-order valence-electron chi connectivity index (χ0n) is 11.6. The fraction of sp³-hybridized carbons (Fsp3) is 1.00. The zero-order valence-corrected chi connectivity index (χ0v) is 11.6. The van der Waals surface area contributed by atoms with E-state index in [0.29, 0.717) is 6.61 Å². The lowest BCUT2D eigenvalue weighted by atomic mass is 9.85. The number of methoxy groups -OCH3 is 1. The van der Waals surface area contributed by atoms with Gasteiger partial charge in [0, 0.05) is 13.7 Å². The molecule has 1 aliphatic heterocycles. The molecule has 0 aliphatic carbocycles. The van der Waals surface area contributed by atoms with Crippen LogP contribution in [0.15, 0.2) is 0 Å². The van der Waals surface area contributed by atoms with Crippen LogP contribution in [0.1, 0.15) is 47.5 Å². The lowest BCUT2D eigenvalue weighted by Gasteiger charge is -2.52. The van der Waals surface area contributed by atoms with Gasteiger partial charge in [-0.25, -0.2) is 0 Å². The molecule has 1 unspecified atom stereocenters. The average Bonchev–Trinajstić information content (AvgIpc) is 2.13. The largest absolute Gasteiger partial charge is 0.385 e. The van der Waals surface area contributed by atoms with Gasteiger partial charge in [-0.15, -0.1) is 0 Å². The molecule has 0 bridgehead atoms. The first-order valence-electron chi connectivity index (χ1n) is 6.06. The Labute approximate surface area is 99.5 Å². The molecule has 0 aromatic rings. The van der Waals surface area contributed by atoms with E-state index >= 15 is 0 Å². The highest BCUT2D eigenvalue weighted by Crippen LogP contribution is 2.40. The summed E-state index contributed by atoms with van der Waals surface area (Å²) >= 11 is 0. The standard InChI is InChI=1S/C13H26O3/c1-11(2)12(3,4)16-13(5,10-15-11)8-7-9-14-6/h7-10H2,1-6H3. The summed E-state index contributed by atoms with van der Waals surface area (Å²) in [6.07, 6.45) is 1.98. The third-order valence-corrected chi connectivity index (χ3v) is 3.74. The first kappa shape index (κ1) is 13.9. The van der Waals surface area contributed by atoms with Crippen molar-refractivity contribution >= 4 is 0 Å². The van der Waals surface area contributed by atoms with Crippen molar-refractivity contribution in [2.45, 2.75) is 64.3 Å². The van der Waals surface area contributed by atoms with Gasteiger partial charge < -0.3 is 14.2 Å². The topological polar surface area (TPSA) is 27.7 Å². The summed E-state index contributed by atoms with van der Waals surface area (Å²) in [5.74, 6) is 0. The number of ether oxygens (including phenoxy) is 3. The number of rotatable bonds is 4. The maximum Gasteiger partial charge on any atom is 0.0918 e. The van der Waals surface area contributed by atoms with Crippen LogP contribution in [0.3, 0.4) is 0 Å². The molecule has 96 valence electrons.